The molecule has 1 aromatic heterocycles. The molecule has 3 N–H and O–H groups in total. The quantitative estimate of drug-likeness (QED) is 0.788. The third-order valence-electron chi connectivity index (χ3n) is 3.96. The van der Waals surface area contributed by atoms with Crippen molar-refractivity contribution in [2.75, 3.05) is 5.73 Å². The van der Waals surface area contributed by atoms with E-state index < -0.39 is 6.10 Å². The SMILES string of the molecule is CC(C)CCCC(C)n1c(C(C)O)nc2cc(N)ccc21. The highest BCUT2D eigenvalue weighted by Crippen LogP contribution is 2.29. The lowest BCUT2D eigenvalue weighted by molar-refractivity contribution is 0.181. The maximum atomic E-state index is 10.0. The van der Waals surface area contributed by atoms with Gasteiger partial charge in [0.15, 0.2) is 0 Å². The highest BCUT2D eigenvalue weighted by atomic mass is 16.3. The number of anilines is 1. The summed E-state index contributed by atoms with van der Waals surface area (Å²) in [6, 6.07) is 6.09. The second kappa shape index (κ2) is 6.48. The van der Waals surface area contributed by atoms with Crippen LogP contribution in [0.25, 0.3) is 11.0 Å². The molecule has 2 unspecified atom stereocenters. The van der Waals surface area contributed by atoms with Crippen molar-refractivity contribution in [2.24, 2.45) is 5.92 Å². The van der Waals surface area contributed by atoms with Crippen LogP contribution in [0.2, 0.25) is 0 Å². The number of fused-ring (bicyclic) bond motifs is 1. The van der Waals surface area contributed by atoms with Gasteiger partial charge in [-0.1, -0.05) is 26.7 Å². The lowest BCUT2D eigenvalue weighted by Gasteiger charge is -2.19. The van der Waals surface area contributed by atoms with E-state index in [0.717, 1.165) is 29.2 Å². The number of nitrogens with zero attached hydrogens (tertiary/aromatic N) is 2. The van der Waals surface area contributed by atoms with Crippen molar-refractivity contribution in [2.45, 2.75) is 59.1 Å². The third-order valence-corrected chi connectivity index (χ3v) is 3.96. The summed E-state index contributed by atoms with van der Waals surface area (Å²) in [7, 11) is 0. The minimum Gasteiger partial charge on any atom is -0.399 e. The van der Waals surface area contributed by atoms with Crippen LogP contribution in [0.15, 0.2) is 18.2 Å². The molecule has 0 aliphatic carbocycles. The summed E-state index contributed by atoms with van der Waals surface area (Å²) in [5.74, 6) is 1.46. The van der Waals surface area contributed by atoms with Gasteiger partial charge in [0, 0.05) is 11.7 Å². The standard InChI is InChI=1S/C17H27N3O/c1-11(2)6-5-7-12(3)20-16-9-8-14(18)10-15(16)19-17(20)13(4)21/h8-13,21H,5-7,18H2,1-4H3. The number of hydrogen-bond acceptors (Lipinski definition) is 3. The fourth-order valence-corrected chi connectivity index (χ4v) is 2.84. The number of benzene rings is 1. The van der Waals surface area contributed by atoms with Crippen LogP contribution in [0, 0.1) is 5.92 Å². The average molecular weight is 289 g/mol. The van der Waals surface area contributed by atoms with Gasteiger partial charge in [0.2, 0.25) is 0 Å². The van der Waals surface area contributed by atoms with E-state index in [0.29, 0.717) is 11.7 Å². The Hall–Kier alpha value is -1.55. The van der Waals surface area contributed by atoms with Gasteiger partial charge in [-0.25, -0.2) is 4.98 Å². The van der Waals surface area contributed by atoms with E-state index in [-0.39, 0.29) is 0 Å². The lowest BCUT2D eigenvalue weighted by atomic mass is 10.0. The number of aromatic nitrogens is 2. The zero-order valence-corrected chi connectivity index (χ0v) is 13.5. The number of aliphatic hydroxyl groups excluding tert-OH is 1. The predicted molar refractivity (Wildman–Crippen MR) is 88.2 cm³/mol. The second-order valence-electron chi connectivity index (χ2n) is 6.44. The van der Waals surface area contributed by atoms with Crippen molar-refractivity contribution < 1.29 is 5.11 Å². The van der Waals surface area contributed by atoms with Crippen LogP contribution in [0.5, 0.6) is 0 Å². The molecule has 0 saturated carbocycles. The highest BCUT2D eigenvalue weighted by Gasteiger charge is 2.19. The zero-order chi connectivity index (χ0) is 15.6. The summed E-state index contributed by atoms with van der Waals surface area (Å²) < 4.78 is 2.17. The molecule has 0 aliphatic rings. The van der Waals surface area contributed by atoms with Crippen molar-refractivity contribution in [3.05, 3.63) is 24.0 Å². The van der Waals surface area contributed by atoms with E-state index in [4.69, 9.17) is 5.73 Å². The van der Waals surface area contributed by atoms with E-state index in [1.807, 2.05) is 18.2 Å². The zero-order valence-electron chi connectivity index (χ0n) is 13.5. The average Bonchev–Trinajstić information content (AvgIpc) is 2.76. The van der Waals surface area contributed by atoms with Gasteiger partial charge in [0.1, 0.15) is 11.9 Å². The maximum Gasteiger partial charge on any atom is 0.138 e. The number of aliphatic hydroxyl groups is 1. The maximum absolute atomic E-state index is 10.0. The Bertz CT molecular complexity index is 601. The van der Waals surface area contributed by atoms with Crippen LogP contribution in [0.3, 0.4) is 0 Å². The molecule has 116 valence electrons. The molecule has 0 amide bonds. The minimum absolute atomic E-state index is 0.321. The molecule has 0 spiro atoms. The van der Waals surface area contributed by atoms with E-state index >= 15 is 0 Å². The molecule has 21 heavy (non-hydrogen) atoms. The van der Waals surface area contributed by atoms with Crippen molar-refractivity contribution in [1.29, 1.82) is 0 Å². The molecule has 2 aromatic rings. The predicted octanol–water partition coefficient (Wildman–Crippen LogP) is 4.06. The molecule has 2 rings (SSSR count). The summed E-state index contributed by atoms with van der Waals surface area (Å²) >= 11 is 0. The number of nitrogens with two attached hydrogens (primary N) is 1. The molecule has 0 radical (unpaired) electrons. The Kier molecular flexibility index (Phi) is 4.88. The highest BCUT2D eigenvalue weighted by molar-refractivity contribution is 5.79. The Morgan fingerprint density at radius 1 is 1.19 bits per heavy atom. The summed E-state index contributed by atoms with van der Waals surface area (Å²) in [5.41, 5.74) is 8.46. The Morgan fingerprint density at radius 2 is 1.90 bits per heavy atom. The first-order valence-corrected chi connectivity index (χ1v) is 7.85. The molecule has 4 heteroatoms. The first-order chi connectivity index (χ1) is 9.90. The van der Waals surface area contributed by atoms with Gasteiger partial charge < -0.3 is 15.4 Å². The Morgan fingerprint density at radius 3 is 2.52 bits per heavy atom. The smallest absolute Gasteiger partial charge is 0.138 e. The van der Waals surface area contributed by atoms with Gasteiger partial charge in [-0.2, -0.15) is 0 Å². The monoisotopic (exact) mass is 289 g/mol. The molecule has 2 atom stereocenters. The van der Waals surface area contributed by atoms with Crippen LogP contribution < -0.4 is 5.73 Å². The molecule has 1 aromatic carbocycles. The van der Waals surface area contributed by atoms with Crippen molar-refractivity contribution >= 4 is 16.7 Å². The van der Waals surface area contributed by atoms with Gasteiger partial charge in [0.05, 0.1) is 11.0 Å². The van der Waals surface area contributed by atoms with E-state index in [1.54, 1.807) is 6.92 Å². The number of hydrogen-bond donors (Lipinski definition) is 2. The van der Waals surface area contributed by atoms with Crippen LogP contribution in [-0.2, 0) is 0 Å². The van der Waals surface area contributed by atoms with Gasteiger partial charge in [-0.15, -0.1) is 0 Å². The first-order valence-electron chi connectivity index (χ1n) is 7.85. The fourth-order valence-electron chi connectivity index (χ4n) is 2.84. The van der Waals surface area contributed by atoms with Crippen molar-refractivity contribution in [3.63, 3.8) is 0 Å². The summed E-state index contributed by atoms with van der Waals surface area (Å²) in [6.07, 6.45) is 2.93. The van der Waals surface area contributed by atoms with Crippen LogP contribution in [0.1, 0.15) is 64.9 Å². The number of rotatable bonds is 6. The molecule has 0 fully saturated rings. The Balaban J connectivity index is 2.33. The van der Waals surface area contributed by atoms with E-state index in [1.165, 1.54) is 12.8 Å². The van der Waals surface area contributed by atoms with Crippen molar-refractivity contribution in [3.8, 4) is 0 Å². The topological polar surface area (TPSA) is 64.1 Å². The first kappa shape index (κ1) is 15.8. The fraction of sp³-hybridized carbons (Fsp3) is 0.588. The lowest BCUT2D eigenvalue weighted by Crippen LogP contribution is -2.12. The summed E-state index contributed by atoms with van der Waals surface area (Å²) in [6.45, 7) is 8.47. The molecule has 0 bridgehead atoms. The second-order valence-corrected chi connectivity index (χ2v) is 6.44. The molecule has 0 saturated heterocycles. The van der Waals surface area contributed by atoms with E-state index in [9.17, 15) is 5.11 Å². The van der Waals surface area contributed by atoms with E-state index in [2.05, 4.69) is 30.3 Å². The van der Waals surface area contributed by atoms with Crippen LogP contribution in [0.4, 0.5) is 5.69 Å². The third kappa shape index (κ3) is 3.56. The Labute approximate surface area is 127 Å². The number of nitrogen functional groups attached to an aromatic ring is 1. The molecular formula is C17H27N3O. The summed E-state index contributed by atoms with van der Waals surface area (Å²) in [5, 5.41) is 10.0. The number of imidazole rings is 1. The van der Waals surface area contributed by atoms with Crippen LogP contribution in [-0.4, -0.2) is 14.7 Å². The minimum atomic E-state index is -0.578. The normalized spacial score (nSPS) is 14.8. The molecule has 4 nitrogen and oxygen atoms in total. The van der Waals surface area contributed by atoms with Crippen LogP contribution >= 0.6 is 0 Å². The van der Waals surface area contributed by atoms with Gasteiger partial charge in [-0.3, -0.25) is 0 Å². The largest absolute Gasteiger partial charge is 0.399 e. The van der Waals surface area contributed by atoms with Gasteiger partial charge >= 0.3 is 0 Å². The van der Waals surface area contributed by atoms with Gasteiger partial charge in [0.25, 0.3) is 0 Å². The summed E-state index contributed by atoms with van der Waals surface area (Å²) in [4.78, 5) is 4.57. The molecule has 1 heterocycles. The molecule has 0 aliphatic heterocycles. The molecular weight excluding hydrogens is 262 g/mol. The van der Waals surface area contributed by atoms with Gasteiger partial charge in [-0.05, 0) is 44.4 Å². The van der Waals surface area contributed by atoms with Crippen molar-refractivity contribution in [1.82, 2.24) is 9.55 Å².